The van der Waals surface area contributed by atoms with Gasteiger partial charge in [0, 0.05) is 38.4 Å². The van der Waals surface area contributed by atoms with Crippen LogP contribution in [-0.4, -0.2) is 56.4 Å². The van der Waals surface area contributed by atoms with E-state index in [1.807, 2.05) is 18.0 Å². The summed E-state index contributed by atoms with van der Waals surface area (Å²) in [6.07, 6.45) is 5.20. The summed E-state index contributed by atoms with van der Waals surface area (Å²) in [7, 11) is 1.84. The highest BCUT2D eigenvalue weighted by molar-refractivity contribution is 5.90. The monoisotopic (exact) mass is 406 g/mol. The third-order valence-corrected chi connectivity index (χ3v) is 6.13. The minimum atomic E-state index is -0.0619. The van der Waals surface area contributed by atoms with Gasteiger partial charge in [-0.2, -0.15) is 15.1 Å². The average Bonchev–Trinajstić information content (AvgIpc) is 3.34. The van der Waals surface area contributed by atoms with Crippen LogP contribution >= 0.6 is 0 Å². The molecule has 2 aliphatic rings. The molecule has 1 fully saturated rings. The Hall–Kier alpha value is -3.36. The molecule has 156 valence electrons. The van der Waals surface area contributed by atoms with Gasteiger partial charge < -0.3 is 20.9 Å². The molecular weight excluding hydrogens is 380 g/mol. The van der Waals surface area contributed by atoms with E-state index < -0.39 is 0 Å². The normalized spacial score (nSPS) is 18.7. The second-order valence-electron chi connectivity index (χ2n) is 8.17. The molecule has 0 radical (unpaired) electrons. The van der Waals surface area contributed by atoms with Gasteiger partial charge in [-0.3, -0.25) is 4.68 Å². The van der Waals surface area contributed by atoms with Crippen molar-refractivity contribution in [3.05, 3.63) is 35.5 Å². The number of carbonyl (C=O) groups is 1. The Kier molecular flexibility index (Phi) is 4.45. The number of aryl methyl sites for hydroxylation is 3. The molecule has 9 nitrogen and oxygen atoms in total. The lowest BCUT2D eigenvalue weighted by atomic mass is 10.1. The van der Waals surface area contributed by atoms with E-state index in [4.69, 9.17) is 5.73 Å². The number of nitrogens with one attached hydrogen (secondary N) is 1. The first kappa shape index (κ1) is 18.7. The number of anilines is 3. The molecule has 5 rings (SSSR count). The molecule has 0 unspecified atom stereocenters. The maximum Gasteiger partial charge on any atom is 0.321 e. The Labute approximate surface area is 174 Å². The number of hydrogen-bond donors (Lipinski definition) is 2. The molecule has 9 heteroatoms. The van der Waals surface area contributed by atoms with Gasteiger partial charge in [0.15, 0.2) is 5.65 Å². The van der Waals surface area contributed by atoms with Crippen LogP contribution in [0, 0.1) is 0 Å². The molecule has 3 heterocycles. The minimum absolute atomic E-state index is 0.0619. The van der Waals surface area contributed by atoms with Crippen molar-refractivity contribution in [2.75, 3.05) is 35.6 Å². The summed E-state index contributed by atoms with van der Waals surface area (Å²) < 4.78 is 1.70. The molecule has 1 saturated heterocycles. The van der Waals surface area contributed by atoms with E-state index in [0.717, 1.165) is 29.7 Å². The van der Waals surface area contributed by atoms with Crippen LogP contribution in [-0.2, 0) is 19.9 Å². The van der Waals surface area contributed by atoms with Crippen molar-refractivity contribution in [3.8, 4) is 0 Å². The standard InChI is InChI=1S/C21H26N8O/c1-13-12-28(21(30)24-16-7-6-14-4-3-5-15(14)10-16)8-9-29(13)19-17-11-23-27(2)18(17)25-20(22)26-19/h6-7,10-11,13H,3-5,8-9,12H2,1-2H3,(H,24,30)(H2,22,25,26)/t13-/m0/s1. The Morgan fingerprint density at radius 2 is 2.03 bits per heavy atom. The van der Waals surface area contributed by atoms with Gasteiger partial charge in [0.05, 0.1) is 11.6 Å². The van der Waals surface area contributed by atoms with E-state index in [1.54, 1.807) is 10.9 Å². The van der Waals surface area contributed by atoms with Crippen molar-refractivity contribution in [1.29, 1.82) is 0 Å². The van der Waals surface area contributed by atoms with E-state index in [0.29, 0.717) is 25.3 Å². The molecule has 0 saturated carbocycles. The van der Waals surface area contributed by atoms with Crippen LogP contribution in [0.4, 0.5) is 22.2 Å². The minimum Gasteiger partial charge on any atom is -0.368 e. The lowest BCUT2D eigenvalue weighted by molar-refractivity contribution is 0.200. The molecule has 0 bridgehead atoms. The van der Waals surface area contributed by atoms with E-state index >= 15 is 0 Å². The van der Waals surface area contributed by atoms with Crippen LogP contribution < -0.4 is 16.0 Å². The smallest absolute Gasteiger partial charge is 0.321 e. The first-order chi connectivity index (χ1) is 14.5. The molecule has 1 atom stereocenters. The highest BCUT2D eigenvalue weighted by Gasteiger charge is 2.29. The summed E-state index contributed by atoms with van der Waals surface area (Å²) in [5.74, 6) is 1.00. The molecule has 30 heavy (non-hydrogen) atoms. The van der Waals surface area contributed by atoms with E-state index in [1.165, 1.54) is 17.5 Å². The van der Waals surface area contributed by atoms with Gasteiger partial charge in [0.25, 0.3) is 0 Å². The molecule has 1 aromatic carbocycles. The van der Waals surface area contributed by atoms with Gasteiger partial charge in [-0.25, -0.2) is 4.79 Å². The van der Waals surface area contributed by atoms with E-state index in [2.05, 4.69) is 44.3 Å². The summed E-state index contributed by atoms with van der Waals surface area (Å²) in [6.45, 7) is 3.96. The number of hydrogen-bond acceptors (Lipinski definition) is 6. The number of piperazine rings is 1. The zero-order chi connectivity index (χ0) is 20.8. The van der Waals surface area contributed by atoms with Gasteiger partial charge in [-0.15, -0.1) is 0 Å². The van der Waals surface area contributed by atoms with Crippen LogP contribution in [0.2, 0.25) is 0 Å². The van der Waals surface area contributed by atoms with Gasteiger partial charge in [-0.1, -0.05) is 6.07 Å². The predicted octanol–water partition coefficient (Wildman–Crippen LogP) is 2.18. The molecule has 2 amide bonds. The zero-order valence-corrected chi connectivity index (χ0v) is 17.3. The van der Waals surface area contributed by atoms with E-state index in [9.17, 15) is 4.79 Å². The van der Waals surface area contributed by atoms with Gasteiger partial charge in [0.1, 0.15) is 5.82 Å². The maximum absolute atomic E-state index is 12.9. The number of nitrogens with two attached hydrogens (primary N) is 1. The van der Waals surface area contributed by atoms with Crippen LogP contribution in [0.5, 0.6) is 0 Å². The van der Waals surface area contributed by atoms with Crippen LogP contribution in [0.25, 0.3) is 11.0 Å². The summed E-state index contributed by atoms with van der Waals surface area (Å²) in [5.41, 5.74) is 10.3. The molecule has 2 aromatic heterocycles. The second-order valence-corrected chi connectivity index (χ2v) is 8.17. The van der Waals surface area contributed by atoms with Crippen LogP contribution in [0.15, 0.2) is 24.4 Å². The number of rotatable bonds is 2. The van der Waals surface area contributed by atoms with E-state index in [-0.39, 0.29) is 18.0 Å². The first-order valence-corrected chi connectivity index (χ1v) is 10.4. The number of nitrogens with zero attached hydrogens (tertiary/aromatic N) is 6. The van der Waals surface area contributed by atoms with Crippen LogP contribution in [0.3, 0.4) is 0 Å². The molecular formula is C21H26N8O. The highest BCUT2D eigenvalue weighted by atomic mass is 16.2. The van der Waals surface area contributed by atoms with Gasteiger partial charge in [-0.05, 0) is 49.4 Å². The number of fused-ring (bicyclic) bond motifs is 2. The third kappa shape index (κ3) is 3.20. The zero-order valence-electron chi connectivity index (χ0n) is 17.3. The molecule has 3 N–H and O–H groups in total. The Morgan fingerprint density at radius 3 is 2.87 bits per heavy atom. The largest absolute Gasteiger partial charge is 0.368 e. The van der Waals surface area contributed by atoms with Crippen molar-refractivity contribution in [2.45, 2.75) is 32.2 Å². The molecule has 1 aliphatic heterocycles. The number of urea groups is 1. The van der Waals surface area contributed by atoms with Gasteiger partial charge >= 0.3 is 6.03 Å². The average molecular weight is 406 g/mol. The highest BCUT2D eigenvalue weighted by Crippen LogP contribution is 2.28. The number of carbonyl (C=O) groups excluding carboxylic acids is 1. The predicted molar refractivity (Wildman–Crippen MR) is 117 cm³/mol. The van der Waals surface area contributed by atoms with Crippen molar-refractivity contribution in [3.63, 3.8) is 0 Å². The fourth-order valence-electron chi connectivity index (χ4n) is 4.55. The lowest BCUT2D eigenvalue weighted by Crippen LogP contribution is -2.55. The summed E-state index contributed by atoms with van der Waals surface area (Å²) in [4.78, 5) is 25.7. The Bertz CT molecular complexity index is 1120. The number of amides is 2. The van der Waals surface area contributed by atoms with Crippen LogP contribution in [0.1, 0.15) is 24.5 Å². The van der Waals surface area contributed by atoms with Crippen molar-refractivity contribution in [2.24, 2.45) is 7.05 Å². The van der Waals surface area contributed by atoms with Crippen molar-refractivity contribution in [1.82, 2.24) is 24.6 Å². The topological polar surface area (TPSA) is 105 Å². The summed E-state index contributed by atoms with van der Waals surface area (Å²) in [6, 6.07) is 6.28. The lowest BCUT2D eigenvalue weighted by Gasteiger charge is -2.40. The molecule has 1 aliphatic carbocycles. The Balaban J connectivity index is 1.31. The number of nitrogen functional groups attached to an aromatic ring is 1. The third-order valence-electron chi connectivity index (χ3n) is 6.13. The number of benzene rings is 1. The van der Waals surface area contributed by atoms with Gasteiger partial charge in [0.2, 0.25) is 5.95 Å². The summed E-state index contributed by atoms with van der Waals surface area (Å²) >= 11 is 0. The quantitative estimate of drug-likeness (QED) is 0.676. The second kappa shape index (κ2) is 7.16. The fraction of sp³-hybridized carbons (Fsp3) is 0.429. The summed E-state index contributed by atoms with van der Waals surface area (Å²) in [5, 5.41) is 8.23. The first-order valence-electron chi connectivity index (χ1n) is 10.4. The van der Waals surface area contributed by atoms with Crippen molar-refractivity contribution < 1.29 is 4.79 Å². The molecule has 0 spiro atoms. The Morgan fingerprint density at radius 1 is 1.20 bits per heavy atom. The molecule has 3 aromatic rings. The maximum atomic E-state index is 12.9. The SMILES string of the molecule is C[C@H]1CN(C(=O)Nc2ccc3c(c2)CCC3)CCN1c1nc(N)nc2c1cnn2C. The van der Waals surface area contributed by atoms with Crippen molar-refractivity contribution >= 4 is 34.5 Å². The fourth-order valence-corrected chi connectivity index (χ4v) is 4.55. The number of aromatic nitrogens is 4.